The summed E-state index contributed by atoms with van der Waals surface area (Å²) in [5.41, 5.74) is 2.79. The summed E-state index contributed by atoms with van der Waals surface area (Å²) >= 11 is 0. The van der Waals surface area contributed by atoms with Crippen LogP contribution in [0.5, 0.6) is 17.2 Å². The van der Waals surface area contributed by atoms with Gasteiger partial charge in [-0.3, -0.25) is 9.48 Å². The van der Waals surface area contributed by atoms with Gasteiger partial charge in [-0.1, -0.05) is 0 Å². The third-order valence-electron chi connectivity index (χ3n) is 4.68. The summed E-state index contributed by atoms with van der Waals surface area (Å²) in [4.78, 5) is 24.6. The number of rotatable bonds is 6. The molecule has 1 aromatic heterocycles. The van der Waals surface area contributed by atoms with Gasteiger partial charge in [0.2, 0.25) is 5.75 Å². The van der Waals surface area contributed by atoms with Crippen LogP contribution in [0, 0.1) is 13.8 Å². The number of ether oxygens (including phenoxy) is 4. The molecule has 2 heterocycles. The van der Waals surface area contributed by atoms with Gasteiger partial charge in [-0.05, 0) is 44.5 Å². The molecule has 1 aromatic carbocycles. The van der Waals surface area contributed by atoms with Crippen LogP contribution in [0.15, 0.2) is 18.2 Å². The van der Waals surface area contributed by atoms with Crippen molar-refractivity contribution < 1.29 is 28.5 Å². The standard InChI is InChI=1S/C21H25N3O6/c1-12-19(13(2)24(4)23-12)22-21(26)14(3)30-18(25)7-6-15-10-16(27-5)20-17(11-15)28-8-9-29-20/h6-7,10-11,14H,8-9H2,1-5H3,(H,22,26)/b7-6+/t14-/m0/s1. The third kappa shape index (κ3) is 4.56. The Morgan fingerprint density at radius 1 is 1.27 bits per heavy atom. The second-order valence-corrected chi connectivity index (χ2v) is 6.82. The van der Waals surface area contributed by atoms with Gasteiger partial charge in [0.25, 0.3) is 5.91 Å². The molecule has 0 spiro atoms. The van der Waals surface area contributed by atoms with Crippen LogP contribution in [0.3, 0.4) is 0 Å². The first-order chi connectivity index (χ1) is 14.3. The van der Waals surface area contributed by atoms with Crippen LogP contribution in [0.2, 0.25) is 0 Å². The van der Waals surface area contributed by atoms with E-state index in [-0.39, 0.29) is 0 Å². The predicted octanol–water partition coefficient (Wildman–Crippen LogP) is 2.40. The lowest BCUT2D eigenvalue weighted by atomic mass is 10.1. The average Bonchev–Trinajstić information content (AvgIpc) is 2.97. The molecule has 0 radical (unpaired) electrons. The Hall–Kier alpha value is -3.49. The van der Waals surface area contributed by atoms with Crippen LogP contribution in [0.1, 0.15) is 23.9 Å². The van der Waals surface area contributed by atoms with Crippen LogP contribution in [0.4, 0.5) is 5.69 Å². The molecule has 160 valence electrons. The molecule has 0 saturated heterocycles. The lowest BCUT2D eigenvalue weighted by Gasteiger charge is -2.20. The third-order valence-corrected chi connectivity index (χ3v) is 4.68. The van der Waals surface area contributed by atoms with Gasteiger partial charge in [-0.25, -0.2) is 4.79 Å². The maximum atomic E-state index is 12.4. The Morgan fingerprint density at radius 3 is 2.67 bits per heavy atom. The molecule has 0 unspecified atom stereocenters. The molecule has 1 atom stereocenters. The lowest BCUT2D eigenvalue weighted by Crippen LogP contribution is -2.29. The second kappa shape index (κ2) is 8.89. The number of nitrogens with one attached hydrogen (secondary N) is 1. The Labute approximate surface area is 174 Å². The number of anilines is 1. The van der Waals surface area contributed by atoms with E-state index in [0.29, 0.717) is 47.4 Å². The molecule has 9 heteroatoms. The number of aryl methyl sites for hydroxylation is 2. The molecule has 1 aliphatic rings. The molecule has 0 fully saturated rings. The molecule has 0 saturated carbocycles. The van der Waals surface area contributed by atoms with Crippen molar-refractivity contribution in [3.05, 3.63) is 35.2 Å². The minimum atomic E-state index is -0.976. The zero-order valence-electron chi connectivity index (χ0n) is 17.6. The first kappa shape index (κ1) is 21.2. The Bertz CT molecular complexity index is 978. The summed E-state index contributed by atoms with van der Waals surface area (Å²) in [5, 5.41) is 7.00. The zero-order chi connectivity index (χ0) is 21.8. The highest BCUT2D eigenvalue weighted by Gasteiger charge is 2.21. The predicted molar refractivity (Wildman–Crippen MR) is 110 cm³/mol. The fourth-order valence-corrected chi connectivity index (χ4v) is 3.00. The minimum Gasteiger partial charge on any atom is -0.493 e. The van der Waals surface area contributed by atoms with Crippen LogP contribution in [0.25, 0.3) is 6.08 Å². The SMILES string of the molecule is COc1cc(/C=C/C(=O)O[C@@H](C)C(=O)Nc2c(C)nn(C)c2C)cc2c1OCCO2. The van der Waals surface area contributed by atoms with E-state index >= 15 is 0 Å². The number of carbonyl (C=O) groups excluding carboxylic acids is 2. The smallest absolute Gasteiger partial charge is 0.331 e. The number of fused-ring (bicyclic) bond motifs is 1. The van der Waals surface area contributed by atoms with Crippen molar-refractivity contribution in [3.63, 3.8) is 0 Å². The fourth-order valence-electron chi connectivity index (χ4n) is 3.00. The van der Waals surface area contributed by atoms with E-state index in [1.54, 1.807) is 36.9 Å². The van der Waals surface area contributed by atoms with Gasteiger partial charge < -0.3 is 24.3 Å². The summed E-state index contributed by atoms with van der Waals surface area (Å²) in [5.74, 6) is 0.511. The zero-order valence-corrected chi connectivity index (χ0v) is 17.6. The number of amides is 1. The molecule has 30 heavy (non-hydrogen) atoms. The first-order valence-corrected chi connectivity index (χ1v) is 9.47. The van der Waals surface area contributed by atoms with E-state index in [1.165, 1.54) is 20.1 Å². The van der Waals surface area contributed by atoms with E-state index in [9.17, 15) is 9.59 Å². The maximum Gasteiger partial charge on any atom is 0.331 e. The van der Waals surface area contributed by atoms with Crippen molar-refractivity contribution in [3.8, 4) is 17.2 Å². The highest BCUT2D eigenvalue weighted by molar-refractivity contribution is 5.97. The van der Waals surface area contributed by atoms with E-state index in [0.717, 1.165) is 5.69 Å². The summed E-state index contributed by atoms with van der Waals surface area (Å²) < 4.78 is 23.3. The lowest BCUT2D eigenvalue weighted by molar-refractivity contribution is -0.148. The number of methoxy groups -OCH3 is 1. The number of hydrogen-bond donors (Lipinski definition) is 1. The van der Waals surface area contributed by atoms with Gasteiger partial charge in [0, 0.05) is 13.1 Å². The van der Waals surface area contributed by atoms with Crippen LogP contribution in [-0.2, 0) is 21.4 Å². The Kier molecular flexibility index (Phi) is 6.29. The number of carbonyl (C=O) groups is 2. The number of esters is 1. The van der Waals surface area contributed by atoms with E-state index in [1.807, 2.05) is 6.92 Å². The first-order valence-electron chi connectivity index (χ1n) is 9.47. The van der Waals surface area contributed by atoms with Gasteiger partial charge >= 0.3 is 5.97 Å². The highest BCUT2D eigenvalue weighted by Crippen LogP contribution is 2.40. The molecular weight excluding hydrogens is 390 g/mol. The van der Waals surface area contributed by atoms with E-state index in [4.69, 9.17) is 18.9 Å². The topological polar surface area (TPSA) is 101 Å². The van der Waals surface area contributed by atoms with Crippen LogP contribution in [-0.4, -0.2) is 48.1 Å². The van der Waals surface area contributed by atoms with Crippen molar-refractivity contribution in [1.29, 1.82) is 0 Å². The quantitative estimate of drug-likeness (QED) is 0.571. The molecule has 9 nitrogen and oxygen atoms in total. The molecule has 1 aliphatic heterocycles. The van der Waals surface area contributed by atoms with Gasteiger partial charge in [0.15, 0.2) is 17.6 Å². The van der Waals surface area contributed by atoms with Crippen LogP contribution >= 0.6 is 0 Å². The monoisotopic (exact) mass is 415 g/mol. The molecule has 3 rings (SSSR count). The van der Waals surface area contributed by atoms with Gasteiger partial charge in [0.1, 0.15) is 13.2 Å². The van der Waals surface area contributed by atoms with Gasteiger partial charge in [0.05, 0.1) is 24.2 Å². The van der Waals surface area contributed by atoms with Crippen molar-refractivity contribution in [1.82, 2.24) is 9.78 Å². The number of hydrogen-bond acceptors (Lipinski definition) is 7. The number of aromatic nitrogens is 2. The molecule has 1 amide bonds. The molecule has 2 aromatic rings. The maximum absolute atomic E-state index is 12.4. The molecule has 0 bridgehead atoms. The average molecular weight is 415 g/mol. The Morgan fingerprint density at radius 2 is 2.00 bits per heavy atom. The van der Waals surface area contributed by atoms with E-state index in [2.05, 4.69) is 10.4 Å². The van der Waals surface area contributed by atoms with Crippen LogP contribution < -0.4 is 19.5 Å². The van der Waals surface area contributed by atoms with Crippen molar-refractivity contribution >= 4 is 23.6 Å². The highest BCUT2D eigenvalue weighted by atomic mass is 16.6. The molecule has 1 N–H and O–H groups in total. The number of nitrogens with zero attached hydrogens (tertiary/aromatic N) is 2. The van der Waals surface area contributed by atoms with E-state index < -0.39 is 18.0 Å². The van der Waals surface area contributed by atoms with Crippen molar-refractivity contribution in [2.75, 3.05) is 25.6 Å². The Balaban J connectivity index is 1.63. The summed E-state index contributed by atoms with van der Waals surface area (Å²) in [7, 11) is 3.32. The van der Waals surface area contributed by atoms with Gasteiger partial charge in [-0.15, -0.1) is 0 Å². The number of benzene rings is 1. The molecular formula is C21H25N3O6. The summed E-state index contributed by atoms with van der Waals surface area (Å²) in [6, 6.07) is 3.46. The van der Waals surface area contributed by atoms with Crippen molar-refractivity contribution in [2.24, 2.45) is 7.05 Å². The normalized spacial score (nSPS) is 13.8. The summed E-state index contributed by atoms with van der Waals surface area (Å²) in [6.45, 7) is 6.03. The van der Waals surface area contributed by atoms with Gasteiger partial charge in [-0.2, -0.15) is 5.10 Å². The van der Waals surface area contributed by atoms with Crippen molar-refractivity contribution in [2.45, 2.75) is 26.9 Å². The largest absolute Gasteiger partial charge is 0.493 e. The second-order valence-electron chi connectivity index (χ2n) is 6.82. The fraction of sp³-hybridized carbons (Fsp3) is 0.381. The summed E-state index contributed by atoms with van der Waals surface area (Å²) in [6.07, 6.45) is 1.83. The minimum absolute atomic E-state index is 0.433. The molecule has 0 aliphatic carbocycles.